The Morgan fingerprint density at radius 1 is 0.368 bits per heavy atom. The first-order valence-electron chi connectivity index (χ1n) is 19.4. The van der Waals surface area contributed by atoms with Crippen molar-refractivity contribution in [1.82, 2.24) is 4.57 Å². The average Bonchev–Trinajstić information content (AvgIpc) is 3.84. The van der Waals surface area contributed by atoms with E-state index in [0.29, 0.717) is 0 Å². The Bertz CT molecular complexity index is 3200. The SMILES string of the molecule is c1ccc(-c2ccc(N(c3ccc(-c4ccc5c(c4)c4ccccc4n5-c4ccccc4)cc3)c3cccc4oc5c(-c6ccccc6)cccc5c34)cc2)cc1. The van der Waals surface area contributed by atoms with Crippen LogP contribution in [0, 0.1) is 0 Å². The zero-order valence-electron chi connectivity index (χ0n) is 31.1. The van der Waals surface area contributed by atoms with Crippen molar-refractivity contribution in [2.45, 2.75) is 0 Å². The lowest BCUT2D eigenvalue weighted by molar-refractivity contribution is 0.670. The molecule has 57 heavy (non-hydrogen) atoms. The lowest BCUT2D eigenvalue weighted by atomic mass is 10.0. The van der Waals surface area contributed by atoms with E-state index >= 15 is 0 Å². The van der Waals surface area contributed by atoms with Crippen LogP contribution in [0.4, 0.5) is 17.1 Å². The van der Waals surface area contributed by atoms with Crippen LogP contribution in [0.2, 0.25) is 0 Å². The van der Waals surface area contributed by atoms with Gasteiger partial charge in [0.25, 0.3) is 0 Å². The second kappa shape index (κ2) is 13.6. The largest absolute Gasteiger partial charge is 0.455 e. The van der Waals surface area contributed by atoms with Crippen molar-refractivity contribution in [3.05, 3.63) is 218 Å². The molecule has 0 aliphatic heterocycles. The fourth-order valence-electron chi connectivity index (χ4n) is 8.53. The smallest absolute Gasteiger partial charge is 0.143 e. The molecule has 2 heterocycles. The predicted octanol–water partition coefficient (Wildman–Crippen LogP) is 15.2. The van der Waals surface area contributed by atoms with Gasteiger partial charge in [-0.3, -0.25) is 0 Å². The number of rotatable bonds is 7. The van der Waals surface area contributed by atoms with Crippen LogP contribution in [0.15, 0.2) is 223 Å². The second-order valence-electron chi connectivity index (χ2n) is 14.5. The van der Waals surface area contributed by atoms with E-state index in [4.69, 9.17) is 4.42 Å². The van der Waals surface area contributed by atoms with Gasteiger partial charge in [0.05, 0.1) is 22.1 Å². The Balaban J connectivity index is 1.05. The van der Waals surface area contributed by atoms with E-state index < -0.39 is 0 Å². The number of benzene rings is 9. The molecule has 0 unspecified atom stereocenters. The zero-order chi connectivity index (χ0) is 37.7. The van der Waals surface area contributed by atoms with E-state index in [0.717, 1.165) is 61.4 Å². The summed E-state index contributed by atoms with van der Waals surface area (Å²) < 4.78 is 9.08. The molecular weight excluding hydrogens is 693 g/mol. The maximum Gasteiger partial charge on any atom is 0.143 e. The third-order valence-corrected chi connectivity index (χ3v) is 11.2. The van der Waals surface area contributed by atoms with Crippen molar-refractivity contribution in [2.24, 2.45) is 0 Å². The second-order valence-corrected chi connectivity index (χ2v) is 14.5. The van der Waals surface area contributed by atoms with Gasteiger partial charge in [-0.15, -0.1) is 0 Å². The minimum absolute atomic E-state index is 0.858. The van der Waals surface area contributed by atoms with Gasteiger partial charge < -0.3 is 13.9 Å². The minimum Gasteiger partial charge on any atom is -0.455 e. The molecule has 11 aromatic rings. The Morgan fingerprint density at radius 3 is 1.63 bits per heavy atom. The highest BCUT2D eigenvalue weighted by Gasteiger charge is 2.21. The topological polar surface area (TPSA) is 21.3 Å². The highest BCUT2D eigenvalue weighted by atomic mass is 16.3. The normalized spacial score (nSPS) is 11.5. The molecule has 268 valence electrons. The number of aromatic nitrogens is 1. The molecular formula is C54H36N2O. The van der Waals surface area contributed by atoms with Gasteiger partial charge in [-0.1, -0.05) is 152 Å². The summed E-state index contributed by atoms with van der Waals surface area (Å²) in [7, 11) is 0. The monoisotopic (exact) mass is 728 g/mol. The van der Waals surface area contributed by atoms with E-state index in [2.05, 4.69) is 228 Å². The fourth-order valence-corrected chi connectivity index (χ4v) is 8.53. The quantitative estimate of drug-likeness (QED) is 0.163. The first-order valence-corrected chi connectivity index (χ1v) is 19.4. The summed E-state index contributed by atoms with van der Waals surface area (Å²) in [5.41, 5.74) is 15.4. The van der Waals surface area contributed by atoms with Crippen molar-refractivity contribution in [1.29, 1.82) is 0 Å². The summed E-state index contributed by atoms with van der Waals surface area (Å²) in [5, 5.41) is 4.66. The third kappa shape index (κ3) is 5.60. The van der Waals surface area contributed by atoms with Gasteiger partial charge in [0, 0.05) is 38.8 Å². The Hall–Kier alpha value is -7.62. The van der Waals surface area contributed by atoms with Gasteiger partial charge in [-0.25, -0.2) is 0 Å². The number of fused-ring (bicyclic) bond motifs is 6. The van der Waals surface area contributed by atoms with E-state index in [1.54, 1.807) is 0 Å². The van der Waals surface area contributed by atoms with Crippen LogP contribution in [0.5, 0.6) is 0 Å². The van der Waals surface area contributed by atoms with Crippen LogP contribution >= 0.6 is 0 Å². The third-order valence-electron chi connectivity index (χ3n) is 11.2. The van der Waals surface area contributed by atoms with Gasteiger partial charge in [0.1, 0.15) is 11.2 Å². The minimum atomic E-state index is 0.858. The predicted molar refractivity (Wildman–Crippen MR) is 239 cm³/mol. The van der Waals surface area contributed by atoms with Gasteiger partial charge in [0.15, 0.2) is 0 Å². The first kappa shape index (κ1) is 32.8. The molecule has 2 aromatic heterocycles. The Kier molecular flexibility index (Phi) is 7.82. The molecule has 9 aromatic carbocycles. The van der Waals surface area contributed by atoms with Crippen molar-refractivity contribution >= 4 is 60.8 Å². The molecule has 0 amide bonds. The number of furan rings is 1. The summed E-state index contributed by atoms with van der Waals surface area (Å²) in [6.07, 6.45) is 0. The van der Waals surface area contributed by atoms with Crippen molar-refractivity contribution in [3.8, 4) is 39.1 Å². The summed E-state index contributed by atoms with van der Waals surface area (Å²) in [6.45, 7) is 0. The van der Waals surface area contributed by atoms with E-state index in [9.17, 15) is 0 Å². The van der Waals surface area contributed by atoms with Crippen molar-refractivity contribution in [2.75, 3.05) is 4.90 Å². The summed E-state index contributed by atoms with van der Waals surface area (Å²) in [6, 6.07) is 77.9. The van der Waals surface area contributed by atoms with Crippen LogP contribution in [-0.2, 0) is 0 Å². The van der Waals surface area contributed by atoms with Crippen LogP contribution in [-0.4, -0.2) is 4.57 Å². The molecule has 11 rings (SSSR count). The zero-order valence-corrected chi connectivity index (χ0v) is 31.1. The molecule has 0 fully saturated rings. The standard InChI is InChI=1S/C54H36N2O/c1-4-14-37(15-5-1)38-26-31-43(32-27-38)55(51-24-13-25-52-53(51)47-22-12-21-45(54(47)57-52)40-16-6-2-7-17-40)44-33-28-39(29-34-44)41-30-35-50-48(36-41)46-20-10-11-23-49(46)56(50)42-18-8-3-9-19-42/h1-36H. The molecule has 0 bridgehead atoms. The Morgan fingerprint density at radius 2 is 0.912 bits per heavy atom. The number of para-hydroxylation sites is 3. The molecule has 0 spiro atoms. The summed E-state index contributed by atoms with van der Waals surface area (Å²) in [5.74, 6) is 0. The maximum absolute atomic E-state index is 6.72. The molecule has 0 saturated carbocycles. The molecule has 0 aliphatic carbocycles. The summed E-state index contributed by atoms with van der Waals surface area (Å²) in [4.78, 5) is 2.36. The number of hydrogen-bond acceptors (Lipinski definition) is 2. The Labute approximate surface area is 330 Å². The maximum atomic E-state index is 6.72. The van der Waals surface area contributed by atoms with Crippen LogP contribution in [0.25, 0.3) is 82.8 Å². The van der Waals surface area contributed by atoms with Gasteiger partial charge in [-0.2, -0.15) is 0 Å². The molecule has 0 saturated heterocycles. The number of nitrogens with zero attached hydrogens (tertiary/aromatic N) is 2. The van der Waals surface area contributed by atoms with Crippen LogP contribution in [0.3, 0.4) is 0 Å². The van der Waals surface area contributed by atoms with E-state index in [-0.39, 0.29) is 0 Å². The molecule has 3 nitrogen and oxygen atoms in total. The summed E-state index contributed by atoms with van der Waals surface area (Å²) >= 11 is 0. The number of anilines is 3. The highest BCUT2D eigenvalue weighted by molar-refractivity contribution is 6.16. The number of hydrogen-bond donors (Lipinski definition) is 0. The molecule has 0 atom stereocenters. The molecule has 0 N–H and O–H groups in total. The average molecular weight is 729 g/mol. The lowest BCUT2D eigenvalue weighted by Gasteiger charge is -2.26. The van der Waals surface area contributed by atoms with Crippen molar-refractivity contribution < 1.29 is 4.42 Å². The lowest BCUT2D eigenvalue weighted by Crippen LogP contribution is -2.10. The van der Waals surface area contributed by atoms with Gasteiger partial charge >= 0.3 is 0 Å². The van der Waals surface area contributed by atoms with Gasteiger partial charge in [0.2, 0.25) is 0 Å². The molecule has 0 aliphatic rings. The molecule has 3 heteroatoms. The van der Waals surface area contributed by atoms with Crippen LogP contribution in [0.1, 0.15) is 0 Å². The van der Waals surface area contributed by atoms with Crippen molar-refractivity contribution in [3.63, 3.8) is 0 Å². The van der Waals surface area contributed by atoms with Gasteiger partial charge in [-0.05, 0) is 94.5 Å². The van der Waals surface area contributed by atoms with E-state index in [1.165, 1.54) is 38.5 Å². The molecule has 0 radical (unpaired) electrons. The van der Waals surface area contributed by atoms with Crippen LogP contribution < -0.4 is 4.90 Å². The highest BCUT2D eigenvalue weighted by Crippen LogP contribution is 2.45. The fraction of sp³-hybridized carbons (Fsp3) is 0. The van der Waals surface area contributed by atoms with E-state index in [1.807, 2.05) is 0 Å². The first-order chi connectivity index (χ1) is 28.3.